The standard InChI is InChI=1S/C22H31N3O3/c1-3-28-22-15-19(6-7-21(22)26-2)17-25(18-20-5-4-8-23-16-20)10-9-24-11-13-27-14-12-24/h4-8,15-16H,3,9-14,17-18H2,1-2H3. The fraction of sp³-hybridized carbons (Fsp3) is 0.500. The molecule has 1 aliphatic rings. The normalized spacial score (nSPS) is 15.0. The summed E-state index contributed by atoms with van der Waals surface area (Å²) in [6, 6.07) is 10.3. The highest BCUT2D eigenvalue weighted by Gasteiger charge is 2.14. The molecule has 1 aromatic heterocycles. The van der Waals surface area contributed by atoms with Crippen LogP contribution in [-0.2, 0) is 17.8 Å². The number of aromatic nitrogens is 1. The minimum Gasteiger partial charge on any atom is -0.493 e. The molecule has 3 rings (SSSR count). The maximum atomic E-state index is 5.75. The van der Waals surface area contributed by atoms with E-state index in [9.17, 15) is 0 Å². The van der Waals surface area contributed by atoms with E-state index in [1.807, 2.05) is 31.5 Å². The molecule has 0 N–H and O–H groups in total. The van der Waals surface area contributed by atoms with E-state index in [-0.39, 0.29) is 0 Å². The number of benzene rings is 1. The summed E-state index contributed by atoms with van der Waals surface area (Å²) < 4.78 is 16.6. The number of nitrogens with zero attached hydrogens (tertiary/aromatic N) is 3. The molecule has 2 aromatic rings. The van der Waals surface area contributed by atoms with Gasteiger partial charge in [0.15, 0.2) is 11.5 Å². The van der Waals surface area contributed by atoms with Gasteiger partial charge in [-0.15, -0.1) is 0 Å². The summed E-state index contributed by atoms with van der Waals surface area (Å²) in [5.41, 5.74) is 2.44. The lowest BCUT2D eigenvalue weighted by Crippen LogP contribution is -2.41. The predicted octanol–water partition coefficient (Wildman–Crippen LogP) is 2.82. The second-order valence-corrected chi connectivity index (χ2v) is 6.94. The van der Waals surface area contributed by atoms with Crippen molar-refractivity contribution in [2.45, 2.75) is 20.0 Å². The lowest BCUT2D eigenvalue weighted by Gasteiger charge is -2.30. The molecule has 2 heterocycles. The van der Waals surface area contributed by atoms with Gasteiger partial charge in [-0.1, -0.05) is 12.1 Å². The molecule has 1 aliphatic heterocycles. The highest BCUT2D eigenvalue weighted by molar-refractivity contribution is 5.43. The molecule has 0 spiro atoms. The van der Waals surface area contributed by atoms with Crippen LogP contribution in [0.1, 0.15) is 18.1 Å². The molecule has 0 radical (unpaired) electrons. The number of ether oxygens (including phenoxy) is 3. The lowest BCUT2D eigenvalue weighted by molar-refractivity contribution is 0.0325. The third-order valence-electron chi connectivity index (χ3n) is 4.90. The van der Waals surface area contributed by atoms with Crippen LogP contribution < -0.4 is 9.47 Å². The Labute approximate surface area is 168 Å². The molecular formula is C22H31N3O3. The average Bonchev–Trinajstić information content (AvgIpc) is 2.74. The SMILES string of the molecule is CCOc1cc(CN(CCN2CCOCC2)Cc2cccnc2)ccc1OC. The van der Waals surface area contributed by atoms with E-state index in [4.69, 9.17) is 14.2 Å². The Hall–Kier alpha value is -2.15. The van der Waals surface area contributed by atoms with E-state index in [1.54, 1.807) is 7.11 Å². The molecule has 0 atom stereocenters. The summed E-state index contributed by atoms with van der Waals surface area (Å²) in [5.74, 6) is 1.58. The van der Waals surface area contributed by atoms with Crippen molar-refractivity contribution < 1.29 is 14.2 Å². The van der Waals surface area contributed by atoms with Gasteiger partial charge in [0.1, 0.15) is 0 Å². The fourth-order valence-corrected chi connectivity index (χ4v) is 3.42. The molecule has 0 aliphatic carbocycles. The molecule has 0 unspecified atom stereocenters. The molecule has 6 heteroatoms. The van der Waals surface area contributed by atoms with Crippen LogP contribution in [0.25, 0.3) is 0 Å². The third kappa shape index (κ3) is 6.19. The number of morpholine rings is 1. The average molecular weight is 386 g/mol. The molecule has 1 saturated heterocycles. The minimum atomic E-state index is 0.621. The van der Waals surface area contributed by atoms with Gasteiger partial charge in [-0.25, -0.2) is 0 Å². The highest BCUT2D eigenvalue weighted by atomic mass is 16.5. The van der Waals surface area contributed by atoms with Crippen molar-refractivity contribution in [1.82, 2.24) is 14.8 Å². The first kappa shape index (κ1) is 20.6. The minimum absolute atomic E-state index is 0.621. The van der Waals surface area contributed by atoms with E-state index in [0.717, 1.165) is 64.0 Å². The fourth-order valence-electron chi connectivity index (χ4n) is 3.42. The van der Waals surface area contributed by atoms with E-state index in [1.165, 1.54) is 11.1 Å². The quantitative estimate of drug-likeness (QED) is 0.627. The number of hydrogen-bond donors (Lipinski definition) is 0. The summed E-state index contributed by atoms with van der Waals surface area (Å²) in [6.45, 7) is 10.0. The van der Waals surface area contributed by atoms with Crippen LogP contribution in [0.5, 0.6) is 11.5 Å². The molecule has 0 saturated carbocycles. The Morgan fingerprint density at radius 1 is 1.11 bits per heavy atom. The van der Waals surface area contributed by atoms with Crippen molar-refractivity contribution in [3.8, 4) is 11.5 Å². The number of methoxy groups -OCH3 is 1. The van der Waals surface area contributed by atoms with Gasteiger partial charge >= 0.3 is 0 Å². The second-order valence-electron chi connectivity index (χ2n) is 6.94. The van der Waals surface area contributed by atoms with Gasteiger partial charge < -0.3 is 14.2 Å². The van der Waals surface area contributed by atoms with Gasteiger partial charge in [-0.2, -0.15) is 0 Å². The van der Waals surface area contributed by atoms with Crippen LogP contribution in [0.3, 0.4) is 0 Å². The van der Waals surface area contributed by atoms with E-state index >= 15 is 0 Å². The molecule has 6 nitrogen and oxygen atoms in total. The zero-order valence-corrected chi connectivity index (χ0v) is 17.0. The zero-order valence-electron chi connectivity index (χ0n) is 17.0. The Balaban J connectivity index is 1.69. The lowest BCUT2D eigenvalue weighted by atomic mass is 10.1. The highest BCUT2D eigenvalue weighted by Crippen LogP contribution is 2.28. The van der Waals surface area contributed by atoms with Crippen molar-refractivity contribution in [1.29, 1.82) is 0 Å². The van der Waals surface area contributed by atoms with Crippen molar-refractivity contribution in [2.75, 3.05) is 53.1 Å². The van der Waals surface area contributed by atoms with Crippen molar-refractivity contribution >= 4 is 0 Å². The topological polar surface area (TPSA) is 47.1 Å². The Kier molecular flexibility index (Phi) is 8.08. The first-order valence-corrected chi connectivity index (χ1v) is 9.99. The molecular weight excluding hydrogens is 354 g/mol. The zero-order chi connectivity index (χ0) is 19.6. The van der Waals surface area contributed by atoms with Gasteiger partial charge in [-0.3, -0.25) is 14.8 Å². The molecule has 28 heavy (non-hydrogen) atoms. The molecule has 152 valence electrons. The molecule has 1 fully saturated rings. The third-order valence-corrected chi connectivity index (χ3v) is 4.90. The summed E-state index contributed by atoms with van der Waals surface area (Å²) in [5, 5.41) is 0. The predicted molar refractivity (Wildman–Crippen MR) is 110 cm³/mol. The van der Waals surface area contributed by atoms with Gasteiger partial charge in [0.25, 0.3) is 0 Å². The first-order chi connectivity index (χ1) is 13.8. The number of rotatable bonds is 10. The molecule has 0 amide bonds. The van der Waals surface area contributed by atoms with Crippen LogP contribution in [0.2, 0.25) is 0 Å². The van der Waals surface area contributed by atoms with Gasteiger partial charge in [-0.05, 0) is 36.2 Å². The molecule has 0 bridgehead atoms. The summed E-state index contributed by atoms with van der Waals surface area (Å²) in [4.78, 5) is 9.20. The van der Waals surface area contributed by atoms with E-state index < -0.39 is 0 Å². The van der Waals surface area contributed by atoms with Crippen LogP contribution >= 0.6 is 0 Å². The summed E-state index contributed by atoms with van der Waals surface area (Å²) in [7, 11) is 1.68. The first-order valence-electron chi connectivity index (χ1n) is 9.99. The summed E-state index contributed by atoms with van der Waals surface area (Å²) in [6.07, 6.45) is 3.76. The molecule has 1 aromatic carbocycles. The Morgan fingerprint density at radius 2 is 1.93 bits per heavy atom. The van der Waals surface area contributed by atoms with Gasteiger partial charge in [0.2, 0.25) is 0 Å². The van der Waals surface area contributed by atoms with Crippen molar-refractivity contribution in [3.05, 3.63) is 53.9 Å². The van der Waals surface area contributed by atoms with Gasteiger partial charge in [0.05, 0.1) is 26.9 Å². The largest absolute Gasteiger partial charge is 0.493 e. The monoisotopic (exact) mass is 385 g/mol. The van der Waals surface area contributed by atoms with Crippen LogP contribution in [0.15, 0.2) is 42.7 Å². The smallest absolute Gasteiger partial charge is 0.161 e. The van der Waals surface area contributed by atoms with Crippen LogP contribution in [0.4, 0.5) is 0 Å². The van der Waals surface area contributed by atoms with Crippen LogP contribution in [0, 0.1) is 0 Å². The maximum absolute atomic E-state index is 5.75. The van der Waals surface area contributed by atoms with Crippen molar-refractivity contribution in [2.24, 2.45) is 0 Å². The van der Waals surface area contributed by atoms with E-state index in [2.05, 4.69) is 33.0 Å². The van der Waals surface area contributed by atoms with Crippen LogP contribution in [-0.4, -0.2) is 67.9 Å². The number of hydrogen-bond acceptors (Lipinski definition) is 6. The summed E-state index contributed by atoms with van der Waals surface area (Å²) >= 11 is 0. The Morgan fingerprint density at radius 3 is 2.64 bits per heavy atom. The van der Waals surface area contributed by atoms with Gasteiger partial charge in [0, 0.05) is 51.7 Å². The van der Waals surface area contributed by atoms with E-state index in [0.29, 0.717) is 6.61 Å². The maximum Gasteiger partial charge on any atom is 0.161 e. The second kappa shape index (κ2) is 11.0. The van der Waals surface area contributed by atoms with Crippen molar-refractivity contribution in [3.63, 3.8) is 0 Å². The Bertz CT molecular complexity index is 705. The number of pyridine rings is 1.